The van der Waals surface area contributed by atoms with E-state index in [1.165, 1.54) is 5.56 Å². The third-order valence-electron chi connectivity index (χ3n) is 4.46. The van der Waals surface area contributed by atoms with E-state index >= 15 is 0 Å². The number of nitrogens with zero attached hydrogens (tertiary/aromatic N) is 4. The number of rotatable bonds is 6. The Labute approximate surface area is 153 Å². The van der Waals surface area contributed by atoms with Crippen molar-refractivity contribution in [2.75, 3.05) is 7.05 Å². The predicted molar refractivity (Wildman–Crippen MR) is 100 cm³/mol. The first-order valence-electron chi connectivity index (χ1n) is 8.59. The van der Waals surface area contributed by atoms with Gasteiger partial charge in [-0.3, -0.25) is 4.98 Å². The summed E-state index contributed by atoms with van der Waals surface area (Å²) < 4.78 is 2.04. The molecular formula is C20H23N5O. The number of hydrogen-bond donors (Lipinski definition) is 1. The van der Waals surface area contributed by atoms with Crippen LogP contribution in [0.5, 0.6) is 0 Å². The number of pyridine rings is 1. The number of amides is 2. The second-order valence-corrected chi connectivity index (χ2v) is 6.19. The largest absolute Gasteiger partial charge is 0.331 e. The smallest absolute Gasteiger partial charge is 0.318 e. The number of carbonyl (C=O) groups is 1. The van der Waals surface area contributed by atoms with Gasteiger partial charge in [0, 0.05) is 38.4 Å². The van der Waals surface area contributed by atoms with E-state index in [4.69, 9.17) is 0 Å². The van der Waals surface area contributed by atoms with Crippen molar-refractivity contribution in [1.82, 2.24) is 24.8 Å². The lowest BCUT2D eigenvalue weighted by Crippen LogP contribution is -2.38. The van der Waals surface area contributed by atoms with Gasteiger partial charge in [-0.1, -0.05) is 36.4 Å². The predicted octanol–water partition coefficient (Wildman–Crippen LogP) is 3.23. The summed E-state index contributed by atoms with van der Waals surface area (Å²) in [5.41, 5.74) is 2.19. The van der Waals surface area contributed by atoms with Gasteiger partial charge in [0.05, 0.1) is 12.6 Å². The zero-order chi connectivity index (χ0) is 18.4. The topological polar surface area (TPSA) is 63.1 Å². The Kier molecular flexibility index (Phi) is 5.63. The van der Waals surface area contributed by atoms with Gasteiger partial charge >= 0.3 is 6.03 Å². The molecule has 0 spiro atoms. The number of urea groups is 1. The molecule has 0 fully saturated rings. The van der Waals surface area contributed by atoms with Crippen molar-refractivity contribution in [1.29, 1.82) is 0 Å². The van der Waals surface area contributed by atoms with Crippen LogP contribution in [-0.2, 0) is 13.1 Å². The standard InChI is InChI=1S/C20H23N5O/c1-16(18-9-6-10-21-13-18)24(2)20(26)23-14-19-22-11-12-25(19)15-17-7-4-3-5-8-17/h3-13,16H,14-15H2,1-2H3,(H,23,26). The molecule has 1 unspecified atom stereocenters. The van der Waals surface area contributed by atoms with Crippen molar-refractivity contribution in [3.8, 4) is 0 Å². The van der Waals surface area contributed by atoms with Gasteiger partial charge in [0.25, 0.3) is 0 Å². The highest BCUT2D eigenvalue weighted by atomic mass is 16.2. The van der Waals surface area contributed by atoms with Crippen molar-refractivity contribution in [2.45, 2.75) is 26.1 Å². The van der Waals surface area contributed by atoms with E-state index in [0.717, 1.165) is 17.9 Å². The van der Waals surface area contributed by atoms with E-state index in [-0.39, 0.29) is 12.1 Å². The summed E-state index contributed by atoms with van der Waals surface area (Å²) in [5.74, 6) is 0.824. The monoisotopic (exact) mass is 349 g/mol. The molecule has 0 bridgehead atoms. The lowest BCUT2D eigenvalue weighted by molar-refractivity contribution is 0.193. The fourth-order valence-electron chi connectivity index (χ4n) is 2.73. The Morgan fingerprint density at radius 3 is 2.73 bits per heavy atom. The van der Waals surface area contributed by atoms with E-state index in [1.54, 1.807) is 30.5 Å². The van der Waals surface area contributed by atoms with Crippen LogP contribution in [0, 0.1) is 0 Å². The van der Waals surface area contributed by atoms with Crippen molar-refractivity contribution >= 4 is 6.03 Å². The molecule has 2 aromatic heterocycles. The molecule has 2 amide bonds. The van der Waals surface area contributed by atoms with Crippen LogP contribution in [0.25, 0.3) is 0 Å². The van der Waals surface area contributed by atoms with Crippen LogP contribution in [0.3, 0.4) is 0 Å². The third kappa shape index (κ3) is 4.27. The van der Waals surface area contributed by atoms with Gasteiger partial charge in [-0.15, -0.1) is 0 Å². The number of benzene rings is 1. The minimum atomic E-state index is -0.143. The molecule has 0 aliphatic heterocycles. The Morgan fingerprint density at radius 1 is 1.19 bits per heavy atom. The summed E-state index contributed by atoms with van der Waals surface area (Å²) in [5, 5.41) is 2.94. The fourth-order valence-corrected chi connectivity index (χ4v) is 2.73. The minimum Gasteiger partial charge on any atom is -0.331 e. The summed E-state index contributed by atoms with van der Waals surface area (Å²) in [6.45, 7) is 3.09. The van der Waals surface area contributed by atoms with Crippen molar-refractivity contribution < 1.29 is 4.79 Å². The van der Waals surface area contributed by atoms with E-state index in [9.17, 15) is 4.79 Å². The SMILES string of the molecule is CC(c1cccnc1)N(C)C(=O)NCc1nccn1Cc1ccccc1. The first kappa shape index (κ1) is 17.7. The molecule has 3 rings (SSSR count). The van der Waals surface area contributed by atoms with E-state index in [0.29, 0.717) is 6.54 Å². The molecular weight excluding hydrogens is 326 g/mol. The van der Waals surface area contributed by atoms with Gasteiger partial charge in [0.1, 0.15) is 5.82 Å². The van der Waals surface area contributed by atoms with Crippen LogP contribution < -0.4 is 5.32 Å². The van der Waals surface area contributed by atoms with Crippen LogP contribution >= 0.6 is 0 Å². The van der Waals surface area contributed by atoms with Crippen molar-refractivity contribution in [3.05, 3.63) is 84.2 Å². The quantitative estimate of drug-likeness (QED) is 0.743. The summed E-state index contributed by atoms with van der Waals surface area (Å²) >= 11 is 0. The van der Waals surface area contributed by atoms with Crippen LogP contribution in [0.2, 0.25) is 0 Å². The highest BCUT2D eigenvalue weighted by molar-refractivity contribution is 5.74. The summed E-state index contributed by atoms with van der Waals surface area (Å²) in [4.78, 5) is 22.6. The Balaban J connectivity index is 1.59. The summed E-state index contributed by atoms with van der Waals surface area (Å²) in [6.07, 6.45) is 7.19. The number of aromatic nitrogens is 3. The van der Waals surface area contributed by atoms with Gasteiger partial charge in [0.15, 0.2) is 0 Å². The Bertz CT molecular complexity index is 832. The van der Waals surface area contributed by atoms with Crippen LogP contribution in [0.4, 0.5) is 4.79 Å². The molecule has 0 saturated carbocycles. The van der Waals surface area contributed by atoms with Crippen LogP contribution in [0.15, 0.2) is 67.3 Å². The number of carbonyl (C=O) groups excluding carboxylic acids is 1. The molecule has 3 aromatic rings. The van der Waals surface area contributed by atoms with Crippen LogP contribution in [0.1, 0.15) is 29.9 Å². The molecule has 6 heteroatoms. The zero-order valence-electron chi connectivity index (χ0n) is 15.0. The molecule has 1 atom stereocenters. The van der Waals surface area contributed by atoms with Crippen molar-refractivity contribution in [3.63, 3.8) is 0 Å². The highest BCUT2D eigenvalue weighted by Gasteiger charge is 2.17. The minimum absolute atomic E-state index is 0.0623. The zero-order valence-corrected chi connectivity index (χ0v) is 15.0. The molecule has 0 saturated heterocycles. The first-order chi connectivity index (χ1) is 12.6. The van der Waals surface area contributed by atoms with Crippen molar-refractivity contribution in [2.24, 2.45) is 0 Å². The van der Waals surface area contributed by atoms with E-state index in [1.807, 2.05) is 48.0 Å². The van der Waals surface area contributed by atoms with Gasteiger partial charge in [-0.25, -0.2) is 9.78 Å². The molecule has 134 valence electrons. The Morgan fingerprint density at radius 2 is 2.00 bits per heavy atom. The van der Waals surface area contributed by atoms with E-state index in [2.05, 4.69) is 27.4 Å². The average molecular weight is 349 g/mol. The molecule has 0 aliphatic rings. The normalized spacial score (nSPS) is 11.8. The number of hydrogen-bond acceptors (Lipinski definition) is 3. The number of nitrogens with one attached hydrogen (secondary N) is 1. The fraction of sp³-hybridized carbons (Fsp3) is 0.250. The molecule has 6 nitrogen and oxygen atoms in total. The summed E-state index contributed by atoms with van der Waals surface area (Å²) in [6, 6.07) is 13.8. The molecule has 2 heterocycles. The van der Waals surface area contributed by atoms with Gasteiger partial charge < -0.3 is 14.8 Å². The van der Waals surface area contributed by atoms with Gasteiger partial charge in [-0.05, 0) is 24.1 Å². The second kappa shape index (κ2) is 8.29. The van der Waals surface area contributed by atoms with E-state index < -0.39 is 0 Å². The molecule has 1 aromatic carbocycles. The summed E-state index contributed by atoms with van der Waals surface area (Å²) in [7, 11) is 1.78. The Hall–Kier alpha value is -3.15. The first-order valence-corrected chi connectivity index (χ1v) is 8.59. The molecule has 0 aliphatic carbocycles. The maximum absolute atomic E-state index is 12.5. The molecule has 0 radical (unpaired) electrons. The lowest BCUT2D eigenvalue weighted by atomic mass is 10.1. The lowest BCUT2D eigenvalue weighted by Gasteiger charge is -2.25. The second-order valence-electron chi connectivity index (χ2n) is 6.19. The maximum atomic E-state index is 12.5. The average Bonchev–Trinajstić information content (AvgIpc) is 3.13. The van der Waals surface area contributed by atoms with Gasteiger partial charge in [0.2, 0.25) is 0 Å². The third-order valence-corrected chi connectivity index (χ3v) is 4.46. The molecule has 1 N–H and O–H groups in total. The molecule has 26 heavy (non-hydrogen) atoms. The van der Waals surface area contributed by atoms with Crippen LogP contribution in [-0.4, -0.2) is 32.5 Å². The number of imidazole rings is 1. The highest BCUT2D eigenvalue weighted by Crippen LogP contribution is 2.17. The van der Waals surface area contributed by atoms with Gasteiger partial charge in [-0.2, -0.15) is 0 Å². The maximum Gasteiger partial charge on any atom is 0.318 e.